The van der Waals surface area contributed by atoms with Crippen molar-refractivity contribution >= 4 is 21.6 Å². The van der Waals surface area contributed by atoms with Gasteiger partial charge >= 0.3 is 0 Å². The topological polar surface area (TPSA) is 56.5 Å². The van der Waals surface area contributed by atoms with Crippen molar-refractivity contribution in [3.8, 4) is 11.5 Å². The van der Waals surface area contributed by atoms with Crippen LogP contribution in [0, 0.1) is 0 Å². The van der Waals surface area contributed by atoms with E-state index in [0.29, 0.717) is 25.3 Å². The second-order valence-electron chi connectivity index (χ2n) is 5.23. The number of nitrogens with two attached hydrogens (primary N) is 1. The zero-order valence-electron chi connectivity index (χ0n) is 10.8. The van der Waals surface area contributed by atoms with Crippen molar-refractivity contribution in [2.45, 2.75) is 37.8 Å². The first kappa shape index (κ1) is 13.1. The van der Waals surface area contributed by atoms with E-state index in [0.717, 1.165) is 47.3 Å². The summed E-state index contributed by atoms with van der Waals surface area (Å²) in [7, 11) is 0. The summed E-state index contributed by atoms with van der Waals surface area (Å²) in [6, 6.07) is 4.87. The molecule has 0 amide bonds. The normalized spacial score (nSPS) is 26.0. The number of benzene rings is 1. The number of halogens is 1. The molecule has 0 saturated heterocycles. The fourth-order valence-corrected chi connectivity index (χ4v) is 3.09. The molecule has 1 fully saturated rings. The van der Waals surface area contributed by atoms with E-state index in [-0.39, 0.29) is 0 Å². The van der Waals surface area contributed by atoms with Gasteiger partial charge in [-0.3, -0.25) is 0 Å². The predicted molar refractivity (Wildman–Crippen MR) is 79.0 cm³/mol. The van der Waals surface area contributed by atoms with Crippen LogP contribution in [0.1, 0.15) is 25.7 Å². The highest BCUT2D eigenvalue weighted by Crippen LogP contribution is 2.39. The van der Waals surface area contributed by atoms with Crippen molar-refractivity contribution in [3.63, 3.8) is 0 Å². The lowest BCUT2D eigenvalue weighted by Gasteiger charge is -2.28. The molecule has 3 N–H and O–H groups in total. The Morgan fingerprint density at radius 1 is 1.05 bits per heavy atom. The Morgan fingerprint density at radius 3 is 2.37 bits per heavy atom. The molecule has 1 heterocycles. The van der Waals surface area contributed by atoms with Gasteiger partial charge in [0.25, 0.3) is 0 Å². The van der Waals surface area contributed by atoms with Crippen molar-refractivity contribution in [3.05, 3.63) is 16.6 Å². The van der Waals surface area contributed by atoms with E-state index in [1.54, 1.807) is 0 Å². The standard InChI is InChI=1S/C14H19BrN2O2/c15-11-7-13-14(19-6-5-18-13)8-12(11)17-10-3-1-9(16)2-4-10/h7-10,17H,1-6,16H2. The summed E-state index contributed by atoms with van der Waals surface area (Å²) in [5.74, 6) is 1.64. The lowest BCUT2D eigenvalue weighted by atomic mass is 9.91. The molecule has 0 atom stereocenters. The van der Waals surface area contributed by atoms with Crippen molar-refractivity contribution in [1.29, 1.82) is 0 Å². The minimum Gasteiger partial charge on any atom is -0.486 e. The van der Waals surface area contributed by atoms with Gasteiger partial charge in [0.1, 0.15) is 13.2 Å². The number of ether oxygens (including phenoxy) is 2. The van der Waals surface area contributed by atoms with Crippen LogP contribution in [0.5, 0.6) is 11.5 Å². The Hall–Kier alpha value is -0.940. The lowest BCUT2D eigenvalue weighted by Crippen LogP contribution is -2.32. The van der Waals surface area contributed by atoms with Crippen molar-refractivity contribution in [1.82, 2.24) is 0 Å². The highest BCUT2D eigenvalue weighted by molar-refractivity contribution is 9.10. The molecular weight excluding hydrogens is 308 g/mol. The number of anilines is 1. The van der Waals surface area contributed by atoms with Gasteiger partial charge in [0, 0.05) is 28.7 Å². The van der Waals surface area contributed by atoms with Crippen LogP contribution in [0.3, 0.4) is 0 Å². The molecule has 5 heteroatoms. The van der Waals surface area contributed by atoms with Gasteiger partial charge in [-0.1, -0.05) is 0 Å². The van der Waals surface area contributed by atoms with Crippen molar-refractivity contribution < 1.29 is 9.47 Å². The van der Waals surface area contributed by atoms with Gasteiger partial charge in [0.2, 0.25) is 0 Å². The van der Waals surface area contributed by atoms with Gasteiger partial charge in [0.15, 0.2) is 11.5 Å². The molecule has 0 bridgehead atoms. The molecular formula is C14H19BrN2O2. The molecule has 0 unspecified atom stereocenters. The van der Waals surface area contributed by atoms with Gasteiger partial charge in [0.05, 0.1) is 5.69 Å². The molecule has 2 aliphatic rings. The van der Waals surface area contributed by atoms with E-state index in [1.165, 1.54) is 0 Å². The summed E-state index contributed by atoms with van der Waals surface area (Å²) in [6.45, 7) is 1.24. The third-order valence-corrected chi connectivity index (χ3v) is 4.42. The molecule has 1 aromatic carbocycles. The molecule has 1 aromatic rings. The summed E-state index contributed by atoms with van der Waals surface area (Å²) in [4.78, 5) is 0. The zero-order valence-corrected chi connectivity index (χ0v) is 12.4. The van der Waals surface area contributed by atoms with Gasteiger partial charge in [-0.05, 0) is 41.6 Å². The SMILES string of the molecule is NC1CCC(Nc2cc3c(cc2Br)OCCO3)CC1. The third-order valence-electron chi connectivity index (χ3n) is 3.76. The van der Waals surface area contributed by atoms with Crippen LogP contribution < -0.4 is 20.5 Å². The quantitative estimate of drug-likeness (QED) is 0.877. The van der Waals surface area contributed by atoms with Crippen LogP contribution >= 0.6 is 15.9 Å². The maximum absolute atomic E-state index is 5.94. The summed E-state index contributed by atoms with van der Waals surface area (Å²) in [6.07, 6.45) is 4.45. The molecule has 0 spiro atoms. The highest BCUT2D eigenvalue weighted by Gasteiger charge is 2.20. The molecule has 3 rings (SSSR count). The maximum Gasteiger partial charge on any atom is 0.163 e. The molecule has 104 valence electrons. The fraction of sp³-hybridized carbons (Fsp3) is 0.571. The number of hydrogen-bond acceptors (Lipinski definition) is 4. The van der Waals surface area contributed by atoms with E-state index < -0.39 is 0 Å². The van der Waals surface area contributed by atoms with Crippen LogP contribution in [0.2, 0.25) is 0 Å². The van der Waals surface area contributed by atoms with Crippen LogP contribution in [-0.4, -0.2) is 25.3 Å². The summed E-state index contributed by atoms with van der Waals surface area (Å²) < 4.78 is 12.2. The average Bonchev–Trinajstić information content (AvgIpc) is 2.42. The van der Waals surface area contributed by atoms with Crippen LogP contribution in [0.25, 0.3) is 0 Å². The number of fused-ring (bicyclic) bond motifs is 1. The molecule has 0 radical (unpaired) electrons. The van der Waals surface area contributed by atoms with Crippen LogP contribution in [0.4, 0.5) is 5.69 Å². The second-order valence-corrected chi connectivity index (χ2v) is 6.09. The summed E-state index contributed by atoms with van der Waals surface area (Å²) in [5, 5.41) is 3.58. The zero-order chi connectivity index (χ0) is 13.2. The molecule has 0 aromatic heterocycles. The highest BCUT2D eigenvalue weighted by atomic mass is 79.9. The van der Waals surface area contributed by atoms with E-state index in [9.17, 15) is 0 Å². The largest absolute Gasteiger partial charge is 0.486 e. The number of hydrogen-bond donors (Lipinski definition) is 2. The number of rotatable bonds is 2. The molecule has 1 aliphatic heterocycles. The summed E-state index contributed by atoms with van der Waals surface area (Å²) >= 11 is 3.59. The van der Waals surface area contributed by atoms with Crippen molar-refractivity contribution in [2.75, 3.05) is 18.5 Å². The average molecular weight is 327 g/mol. The Balaban J connectivity index is 1.73. The fourth-order valence-electron chi connectivity index (χ4n) is 2.66. The minimum absolute atomic E-state index is 0.377. The Labute approximate surface area is 121 Å². The smallest absolute Gasteiger partial charge is 0.163 e. The van der Waals surface area contributed by atoms with E-state index in [1.807, 2.05) is 12.1 Å². The van der Waals surface area contributed by atoms with E-state index >= 15 is 0 Å². The summed E-state index contributed by atoms with van der Waals surface area (Å²) in [5.41, 5.74) is 7.01. The van der Waals surface area contributed by atoms with Crippen LogP contribution in [-0.2, 0) is 0 Å². The second kappa shape index (κ2) is 5.59. The van der Waals surface area contributed by atoms with Gasteiger partial charge in [-0.25, -0.2) is 0 Å². The third kappa shape index (κ3) is 2.98. The van der Waals surface area contributed by atoms with Gasteiger partial charge < -0.3 is 20.5 Å². The van der Waals surface area contributed by atoms with Crippen molar-refractivity contribution in [2.24, 2.45) is 5.73 Å². The number of nitrogens with one attached hydrogen (secondary N) is 1. The Morgan fingerprint density at radius 2 is 1.68 bits per heavy atom. The first-order valence-corrected chi connectivity index (χ1v) is 7.63. The van der Waals surface area contributed by atoms with Gasteiger partial charge in [-0.15, -0.1) is 0 Å². The van der Waals surface area contributed by atoms with E-state index in [4.69, 9.17) is 15.2 Å². The maximum atomic E-state index is 5.94. The predicted octanol–water partition coefficient (Wildman–Crippen LogP) is 2.90. The van der Waals surface area contributed by atoms with E-state index in [2.05, 4.69) is 21.2 Å². The lowest BCUT2D eigenvalue weighted by molar-refractivity contribution is 0.171. The minimum atomic E-state index is 0.377. The monoisotopic (exact) mass is 326 g/mol. The molecule has 4 nitrogen and oxygen atoms in total. The first-order valence-electron chi connectivity index (χ1n) is 6.83. The molecule has 19 heavy (non-hydrogen) atoms. The van der Waals surface area contributed by atoms with Gasteiger partial charge in [-0.2, -0.15) is 0 Å². The Bertz CT molecular complexity index is 459. The molecule has 1 aliphatic carbocycles. The molecule has 1 saturated carbocycles. The van der Waals surface area contributed by atoms with Crippen LogP contribution in [0.15, 0.2) is 16.6 Å². The first-order chi connectivity index (χ1) is 9.22. The Kier molecular flexibility index (Phi) is 3.84.